The molecule has 2 rings (SSSR count). The van der Waals surface area contributed by atoms with Crippen LogP contribution in [0.5, 0.6) is 0 Å². The van der Waals surface area contributed by atoms with Crippen molar-refractivity contribution in [3.8, 4) is 0 Å². The Bertz CT molecular complexity index is 812. The molecule has 0 radical (unpaired) electrons. The molecule has 0 aliphatic rings. The molecule has 0 spiro atoms. The average Bonchev–Trinajstić information content (AvgIpc) is 3.14. The Morgan fingerprint density at radius 3 is 2.30 bits per heavy atom. The summed E-state index contributed by atoms with van der Waals surface area (Å²) in [5.74, 6) is -0.00637. The van der Waals surface area contributed by atoms with E-state index in [0.29, 0.717) is 19.6 Å². The number of hydrogen-bond acceptors (Lipinski definition) is 2. The second kappa shape index (κ2) is 12.2. The summed E-state index contributed by atoms with van der Waals surface area (Å²) in [6, 6.07) is 12.6. The van der Waals surface area contributed by atoms with Crippen LogP contribution < -0.4 is 0 Å². The van der Waals surface area contributed by atoms with Gasteiger partial charge in [-0.25, -0.2) is 0 Å². The van der Waals surface area contributed by atoms with E-state index < -0.39 is 0 Å². The van der Waals surface area contributed by atoms with Gasteiger partial charge >= 0.3 is 0 Å². The standard InChI is InChI=1S/C25H37N3O2/c1-5-7-14-26(22(4)29)20-25(30)28(15-8-6-2)19-24-13-10-16-27(24)18-23-12-9-11-21(3)17-23/h9-13,16-17H,5-8,14-15,18-20H2,1-4H3. The molecule has 1 heterocycles. The third kappa shape index (κ3) is 7.36. The first-order chi connectivity index (χ1) is 14.4. The highest BCUT2D eigenvalue weighted by Gasteiger charge is 2.20. The minimum atomic E-state index is -0.0323. The second-order valence-electron chi connectivity index (χ2n) is 8.08. The number of carbonyl (C=O) groups excluding carboxylic acids is 2. The van der Waals surface area contributed by atoms with Gasteiger partial charge in [-0.3, -0.25) is 9.59 Å². The first-order valence-corrected chi connectivity index (χ1v) is 11.2. The summed E-state index contributed by atoms with van der Waals surface area (Å²) in [4.78, 5) is 28.7. The first kappa shape index (κ1) is 23.7. The first-order valence-electron chi connectivity index (χ1n) is 11.2. The zero-order chi connectivity index (χ0) is 21.9. The van der Waals surface area contributed by atoms with Gasteiger partial charge in [0.2, 0.25) is 11.8 Å². The molecular formula is C25H37N3O2. The van der Waals surface area contributed by atoms with Gasteiger partial charge in [-0.2, -0.15) is 0 Å². The summed E-state index contributed by atoms with van der Waals surface area (Å²) in [6.45, 7) is 10.7. The van der Waals surface area contributed by atoms with Crippen LogP contribution in [0, 0.1) is 6.92 Å². The van der Waals surface area contributed by atoms with Gasteiger partial charge in [0.1, 0.15) is 0 Å². The fourth-order valence-corrected chi connectivity index (χ4v) is 3.55. The smallest absolute Gasteiger partial charge is 0.242 e. The van der Waals surface area contributed by atoms with Gasteiger partial charge in [0.15, 0.2) is 0 Å². The van der Waals surface area contributed by atoms with Crippen molar-refractivity contribution in [3.05, 3.63) is 59.4 Å². The number of amides is 2. The Morgan fingerprint density at radius 1 is 0.967 bits per heavy atom. The van der Waals surface area contributed by atoms with E-state index in [2.05, 4.69) is 61.9 Å². The van der Waals surface area contributed by atoms with Gasteiger partial charge in [0.25, 0.3) is 0 Å². The number of aryl methyl sites for hydroxylation is 1. The molecule has 0 unspecified atom stereocenters. The minimum absolute atomic E-state index is 0.0260. The maximum Gasteiger partial charge on any atom is 0.242 e. The minimum Gasteiger partial charge on any atom is -0.345 e. The van der Waals surface area contributed by atoms with Crippen LogP contribution in [0.15, 0.2) is 42.6 Å². The molecule has 0 fully saturated rings. The fourth-order valence-electron chi connectivity index (χ4n) is 3.55. The molecule has 30 heavy (non-hydrogen) atoms. The summed E-state index contributed by atoms with van der Waals surface area (Å²) in [7, 11) is 0. The number of aromatic nitrogens is 1. The Balaban J connectivity index is 2.11. The van der Waals surface area contributed by atoms with Crippen LogP contribution in [0.2, 0.25) is 0 Å². The Labute approximate surface area is 181 Å². The van der Waals surface area contributed by atoms with Crippen LogP contribution in [0.3, 0.4) is 0 Å². The van der Waals surface area contributed by atoms with Crippen LogP contribution in [-0.4, -0.2) is 45.8 Å². The number of rotatable bonds is 12. The Hall–Kier alpha value is -2.56. The molecule has 0 saturated heterocycles. The average molecular weight is 412 g/mol. The molecule has 0 aliphatic carbocycles. The molecule has 1 aromatic carbocycles. The summed E-state index contributed by atoms with van der Waals surface area (Å²) >= 11 is 0. The van der Waals surface area contributed by atoms with E-state index >= 15 is 0 Å². The van der Waals surface area contributed by atoms with Crippen LogP contribution >= 0.6 is 0 Å². The highest BCUT2D eigenvalue weighted by Crippen LogP contribution is 2.13. The molecular weight excluding hydrogens is 374 g/mol. The van der Waals surface area contributed by atoms with Crippen molar-refractivity contribution in [2.45, 2.75) is 66.5 Å². The van der Waals surface area contributed by atoms with Gasteiger partial charge in [-0.05, 0) is 37.5 Å². The molecule has 2 aromatic rings. The van der Waals surface area contributed by atoms with E-state index in [1.165, 1.54) is 11.1 Å². The quantitative estimate of drug-likeness (QED) is 0.511. The topological polar surface area (TPSA) is 45.6 Å². The lowest BCUT2D eigenvalue weighted by Gasteiger charge is -2.27. The van der Waals surface area contributed by atoms with Crippen molar-refractivity contribution in [2.75, 3.05) is 19.6 Å². The zero-order valence-corrected chi connectivity index (χ0v) is 19.1. The summed E-state index contributed by atoms with van der Waals surface area (Å²) in [5, 5.41) is 0. The molecule has 2 amide bonds. The normalized spacial score (nSPS) is 10.8. The van der Waals surface area contributed by atoms with E-state index in [1.54, 1.807) is 11.8 Å². The van der Waals surface area contributed by atoms with Gasteiger partial charge in [-0.1, -0.05) is 56.5 Å². The maximum absolute atomic E-state index is 13.1. The van der Waals surface area contributed by atoms with Crippen LogP contribution in [0.1, 0.15) is 63.3 Å². The van der Waals surface area contributed by atoms with Gasteiger partial charge in [0.05, 0.1) is 13.1 Å². The lowest BCUT2D eigenvalue weighted by molar-refractivity contribution is -0.140. The predicted octanol–water partition coefficient (Wildman–Crippen LogP) is 4.62. The summed E-state index contributed by atoms with van der Waals surface area (Å²) in [5.41, 5.74) is 3.61. The zero-order valence-electron chi connectivity index (χ0n) is 19.1. The predicted molar refractivity (Wildman–Crippen MR) is 122 cm³/mol. The number of benzene rings is 1. The monoisotopic (exact) mass is 411 g/mol. The Morgan fingerprint density at radius 2 is 1.67 bits per heavy atom. The molecule has 0 aliphatic heterocycles. The third-order valence-corrected chi connectivity index (χ3v) is 5.40. The maximum atomic E-state index is 13.1. The molecule has 0 atom stereocenters. The molecule has 5 heteroatoms. The van der Waals surface area contributed by atoms with Gasteiger partial charge in [-0.15, -0.1) is 0 Å². The molecule has 0 saturated carbocycles. The number of nitrogens with zero attached hydrogens (tertiary/aromatic N) is 3. The van der Waals surface area contributed by atoms with Crippen LogP contribution in [0.25, 0.3) is 0 Å². The lowest BCUT2D eigenvalue weighted by Crippen LogP contribution is -2.43. The molecule has 0 bridgehead atoms. The Kier molecular flexibility index (Phi) is 9.65. The molecule has 0 N–H and O–H groups in total. The molecule has 164 valence electrons. The fraction of sp³-hybridized carbons (Fsp3) is 0.520. The largest absolute Gasteiger partial charge is 0.345 e. The van der Waals surface area contributed by atoms with Crippen molar-refractivity contribution in [3.63, 3.8) is 0 Å². The van der Waals surface area contributed by atoms with Crippen molar-refractivity contribution in [1.29, 1.82) is 0 Å². The summed E-state index contributed by atoms with van der Waals surface area (Å²) < 4.78 is 2.21. The highest BCUT2D eigenvalue weighted by molar-refractivity contribution is 5.83. The highest BCUT2D eigenvalue weighted by atomic mass is 16.2. The van der Waals surface area contributed by atoms with Crippen molar-refractivity contribution < 1.29 is 9.59 Å². The van der Waals surface area contributed by atoms with E-state index in [-0.39, 0.29) is 18.4 Å². The van der Waals surface area contributed by atoms with Crippen molar-refractivity contribution >= 4 is 11.8 Å². The number of carbonyl (C=O) groups is 2. The van der Waals surface area contributed by atoms with Crippen LogP contribution in [-0.2, 0) is 22.7 Å². The molecule has 5 nitrogen and oxygen atoms in total. The van der Waals surface area contributed by atoms with Gasteiger partial charge < -0.3 is 14.4 Å². The lowest BCUT2D eigenvalue weighted by atomic mass is 10.1. The number of unbranched alkanes of at least 4 members (excludes halogenated alkanes) is 2. The van der Waals surface area contributed by atoms with E-state index in [9.17, 15) is 9.59 Å². The molecule has 1 aromatic heterocycles. The SMILES string of the molecule is CCCCN(CC(=O)N(CCCC)Cc1cccn1Cc1cccc(C)c1)C(C)=O. The van der Waals surface area contributed by atoms with Crippen molar-refractivity contribution in [1.82, 2.24) is 14.4 Å². The van der Waals surface area contributed by atoms with E-state index in [1.807, 2.05) is 11.0 Å². The summed E-state index contributed by atoms with van der Waals surface area (Å²) in [6.07, 6.45) is 5.98. The van der Waals surface area contributed by atoms with Crippen molar-refractivity contribution in [2.24, 2.45) is 0 Å². The third-order valence-electron chi connectivity index (χ3n) is 5.40. The number of hydrogen-bond donors (Lipinski definition) is 0. The van der Waals surface area contributed by atoms with Gasteiger partial charge in [0, 0.05) is 38.4 Å². The van der Waals surface area contributed by atoms with Crippen LogP contribution in [0.4, 0.5) is 0 Å². The second-order valence-corrected chi connectivity index (χ2v) is 8.08. The van der Waals surface area contributed by atoms with E-state index in [0.717, 1.165) is 37.9 Å². The van der Waals surface area contributed by atoms with E-state index in [4.69, 9.17) is 0 Å².